The van der Waals surface area contributed by atoms with E-state index in [0.717, 1.165) is 18.9 Å². The number of nitrogens with one attached hydrogen (secondary N) is 1. The third-order valence-electron chi connectivity index (χ3n) is 4.08. The van der Waals surface area contributed by atoms with E-state index < -0.39 is 0 Å². The van der Waals surface area contributed by atoms with Crippen molar-refractivity contribution in [1.82, 2.24) is 5.32 Å². The van der Waals surface area contributed by atoms with Crippen molar-refractivity contribution in [2.24, 2.45) is 11.8 Å². The normalized spacial score (nSPS) is 20.1. The molecule has 2 heteroatoms. The van der Waals surface area contributed by atoms with Gasteiger partial charge in [-0.2, -0.15) is 0 Å². The molecule has 1 aliphatic rings. The fraction of sp³-hybridized carbons (Fsp3) is 1.00. The summed E-state index contributed by atoms with van der Waals surface area (Å²) < 4.78 is 0. The fourth-order valence-electron chi connectivity index (χ4n) is 3.00. The standard InChI is InChI=1S/C15H31NO/c1-2-7-14(10-11-17)12-16-13-15-8-5-3-4-6-9-15/h14-17H,2-13H2,1H3. The van der Waals surface area contributed by atoms with Crippen molar-refractivity contribution in [1.29, 1.82) is 0 Å². The Kier molecular flexibility index (Phi) is 8.72. The smallest absolute Gasteiger partial charge is 0.0434 e. The molecule has 0 aromatic heterocycles. The van der Waals surface area contributed by atoms with E-state index in [1.54, 1.807) is 0 Å². The van der Waals surface area contributed by atoms with Crippen LogP contribution in [0.3, 0.4) is 0 Å². The van der Waals surface area contributed by atoms with E-state index in [-0.39, 0.29) is 0 Å². The highest BCUT2D eigenvalue weighted by Crippen LogP contribution is 2.22. The van der Waals surface area contributed by atoms with Gasteiger partial charge in [0.25, 0.3) is 0 Å². The molecule has 0 saturated heterocycles. The molecule has 0 bridgehead atoms. The van der Waals surface area contributed by atoms with E-state index >= 15 is 0 Å². The zero-order chi connectivity index (χ0) is 12.3. The van der Waals surface area contributed by atoms with Gasteiger partial charge in [0, 0.05) is 6.61 Å². The highest BCUT2D eigenvalue weighted by atomic mass is 16.3. The summed E-state index contributed by atoms with van der Waals surface area (Å²) in [5, 5.41) is 12.7. The molecule has 0 amide bonds. The van der Waals surface area contributed by atoms with Gasteiger partial charge in [-0.05, 0) is 50.6 Å². The second-order valence-corrected chi connectivity index (χ2v) is 5.68. The van der Waals surface area contributed by atoms with E-state index in [0.29, 0.717) is 12.5 Å². The molecule has 0 aromatic carbocycles. The number of hydrogen-bond acceptors (Lipinski definition) is 2. The maximum Gasteiger partial charge on any atom is 0.0434 e. The first kappa shape index (κ1) is 15.0. The summed E-state index contributed by atoms with van der Waals surface area (Å²) in [6.45, 7) is 4.88. The van der Waals surface area contributed by atoms with Crippen LogP contribution in [0.2, 0.25) is 0 Å². The Labute approximate surface area is 107 Å². The Morgan fingerprint density at radius 1 is 1.12 bits per heavy atom. The van der Waals surface area contributed by atoms with E-state index in [9.17, 15) is 0 Å². The Hall–Kier alpha value is -0.0800. The molecule has 0 aromatic rings. The lowest BCUT2D eigenvalue weighted by molar-refractivity contribution is 0.246. The summed E-state index contributed by atoms with van der Waals surface area (Å²) in [6, 6.07) is 0. The zero-order valence-corrected chi connectivity index (χ0v) is 11.6. The lowest BCUT2D eigenvalue weighted by Gasteiger charge is -2.19. The molecule has 1 saturated carbocycles. The summed E-state index contributed by atoms with van der Waals surface area (Å²) in [5.41, 5.74) is 0. The van der Waals surface area contributed by atoms with Gasteiger partial charge >= 0.3 is 0 Å². The molecule has 1 fully saturated rings. The fourth-order valence-corrected chi connectivity index (χ4v) is 3.00. The Morgan fingerprint density at radius 2 is 1.82 bits per heavy atom. The van der Waals surface area contributed by atoms with Gasteiger partial charge in [-0.3, -0.25) is 0 Å². The van der Waals surface area contributed by atoms with Gasteiger partial charge in [0.15, 0.2) is 0 Å². The minimum absolute atomic E-state index is 0.343. The summed E-state index contributed by atoms with van der Waals surface area (Å²) >= 11 is 0. The average molecular weight is 241 g/mol. The molecule has 1 rings (SSSR count). The monoisotopic (exact) mass is 241 g/mol. The lowest BCUT2D eigenvalue weighted by atomic mass is 9.98. The van der Waals surface area contributed by atoms with Crippen molar-refractivity contribution < 1.29 is 5.11 Å². The van der Waals surface area contributed by atoms with Crippen LogP contribution in [0.5, 0.6) is 0 Å². The number of rotatable bonds is 8. The Morgan fingerprint density at radius 3 is 2.41 bits per heavy atom. The van der Waals surface area contributed by atoms with Crippen molar-refractivity contribution in [3.05, 3.63) is 0 Å². The van der Waals surface area contributed by atoms with Gasteiger partial charge < -0.3 is 10.4 Å². The summed E-state index contributed by atoms with van der Waals surface area (Å²) in [4.78, 5) is 0. The molecule has 1 unspecified atom stereocenters. The zero-order valence-electron chi connectivity index (χ0n) is 11.6. The third-order valence-corrected chi connectivity index (χ3v) is 4.08. The van der Waals surface area contributed by atoms with E-state index in [1.807, 2.05) is 0 Å². The van der Waals surface area contributed by atoms with E-state index in [1.165, 1.54) is 57.9 Å². The molecule has 0 spiro atoms. The minimum atomic E-state index is 0.343. The van der Waals surface area contributed by atoms with Crippen LogP contribution in [0.1, 0.15) is 64.7 Å². The van der Waals surface area contributed by atoms with Gasteiger partial charge in [0.2, 0.25) is 0 Å². The van der Waals surface area contributed by atoms with E-state index in [2.05, 4.69) is 12.2 Å². The van der Waals surface area contributed by atoms with Crippen LogP contribution in [0.25, 0.3) is 0 Å². The van der Waals surface area contributed by atoms with Crippen LogP contribution in [-0.4, -0.2) is 24.8 Å². The molecule has 0 radical (unpaired) electrons. The highest BCUT2D eigenvalue weighted by molar-refractivity contribution is 4.69. The highest BCUT2D eigenvalue weighted by Gasteiger charge is 2.13. The van der Waals surface area contributed by atoms with Gasteiger partial charge in [-0.1, -0.05) is 39.0 Å². The molecular weight excluding hydrogens is 210 g/mol. The molecule has 102 valence electrons. The minimum Gasteiger partial charge on any atom is -0.396 e. The van der Waals surface area contributed by atoms with Crippen LogP contribution >= 0.6 is 0 Å². The largest absolute Gasteiger partial charge is 0.396 e. The first-order chi connectivity index (χ1) is 8.36. The van der Waals surface area contributed by atoms with Crippen LogP contribution < -0.4 is 5.32 Å². The van der Waals surface area contributed by atoms with Gasteiger partial charge in [-0.15, -0.1) is 0 Å². The quantitative estimate of drug-likeness (QED) is 0.639. The van der Waals surface area contributed by atoms with Crippen LogP contribution in [0.15, 0.2) is 0 Å². The molecule has 0 heterocycles. The number of hydrogen-bond donors (Lipinski definition) is 2. The van der Waals surface area contributed by atoms with Crippen LogP contribution in [-0.2, 0) is 0 Å². The Balaban J connectivity index is 2.10. The Bertz CT molecular complexity index is 156. The van der Waals surface area contributed by atoms with Gasteiger partial charge in [0.05, 0.1) is 0 Å². The van der Waals surface area contributed by atoms with Gasteiger partial charge in [-0.25, -0.2) is 0 Å². The van der Waals surface area contributed by atoms with Crippen LogP contribution in [0.4, 0.5) is 0 Å². The van der Waals surface area contributed by atoms with Crippen molar-refractivity contribution in [2.75, 3.05) is 19.7 Å². The SMILES string of the molecule is CCCC(CCO)CNCC1CCCCCC1. The second-order valence-electron chi connectivity index (χ2n) is 5.68. The molecule has 1 atom stereocenters. The molecule has 0 aliphatic heterocycles. The van der Waals surface area contributed by atoms with Gasteiger partial charge in [0.1, 0.15) is 0 Å². The second kappa shape index (κ2) is 9.90. The molecule has 2 N–H and O–H groups in total. The van der Waals surface area contributed by atoms with Crippen molar-refractivity contribution in [3.63, 3.8) is 0 Å². The summed E-state index contributed by atoms with van der Waals surface area (Å²) in [5.74, 6) is 1.59. The maximum absolute atomic E-state index is 9.02. The third kappa shape index (κ3) is 7.05. The molecule has 17 heavy (non-hydrogen) atoms. The first-order valence-corrected chi connectivity index (χ1v) is 7.68. The summed E-state index contributed by atoms with van der Waals surface area (Å²) in [6.07, 6.45) is 12.0. The van der Waals surface area contributed by atoms with Crippen LogP contribution in [0, 0.1) is 11.8 Å². The topological polar surface area (TPSA) is 32.3 Å². The predicted octanol–water partition coefficient (Wildman–Crippen LogP) is 3.35. The molecule has 1 aliphatic carbocycles. The molecular formula is C15H31NO. The summed E-state index contributed by atoms with van der Waals surface area (Å²) in [7, 11) is 0. The van der Waals surface area contributed by atoms with Crippen molar-refractivity contribution >= 4 is 0 Å². The average Bonchev–Trinajstić information content (AvgIpc) is 2.58. The van der Waals surface area contributed by atoms with E-state index in [4.69, 9.17) is 5.11 Å². The molecule has 2 nitrogen and oxygen atoms in total. The van der Waals surface area contributed by atoms with Crippen molar-refractivity contribution in [3.8, 4) is 0 Å². The number of aliphatic hydroxyl groups excluding tert-OH is 1. The number of aliphatic hydroxyl groups is 1. The lowest BCUT2D eigenvalue weighted by Crippen LogP contribution is -2.28. The first-order valence-electron chi connectivity index (χ1n) is 7.68. The predicted molar refractivity (Wildman–Crippen MR) is 74.2 cm³/mol. The maximum atomic E-state index is 9.02. The van der Waals surface area contributed by atoms with Crippen molar-refractivity contribution in [2.45, 2.75) is 64.7 Å².